The van der Waals surface area contributed by atoms with Crippen molar-refractivity contribution in [3.05, 3.63) is 40.3 Å². The third kappa shape index (κ3) is 4.30. The lowest BCUT2D eigenvalue weighted by Gasteiger charge is -2.30. The molecular weight excluding hydrogens is 328 g/mol. The van der Waals surface area contributed by atoms with Gasteiger partial charge in [0.1, 0.15) is 0 Å². The van der Waals surface area contributed by atoms with Crippen LogP contribution >= 0.6 is 0 Å². The molecule has 0 aliphatic carbocycles. The average Bonchev–Trinajstić information content (AvgIpc) is 2.64. The fraction of sp³-hybridized carbons (Fsp3) is 0.550. The molecule has 1 aromatic heterocycles. The van der Waals surface area contributed by atoms with Gasteiger partial charge in [0, 0.05) is 25.5 Å². The number of nitrogens with one attached hydrogen (secondary N) is 1. The number of piperidine rings is 1. The molecule has 140 valence electrons. The monoisotopic (exact) mass is 356 g/mol. The summed E-state index contributed by atoms with van der Waals surface area (Å²) in [6.45, 7) is 6.43. The zero-order valence-corrected chi connectivity index (χ0v) is 15.7. The van der Waals surface area contributed by atoms with Gasteiger partial charge in [0.15, 0.2) is 5.69 Å². The standard InChI is InChI=1S/C20H28N4O2/c1-15-8-7-13-24(14-15)12-6-5-11-21-19(25)18-16-9-3-4-10-17(16)20(26)23(2)22-18/h3-4,9-10,15H,5-8,11-14H2,1-2H3,(H,21,25). The molecule has 0 spiro atoms. The topological polar surface area (TPSA) is 67.2 Å². The number of nitrogens with zero attached hydrogens (tertiary/aromatic N) is 3. The highest BCUT2D eigenvalue weighted by atomic mass is 16.2. The third-order valence-corrected chi connectivity index (χ3v) is 5.10. The van der Waals surface area contributed by atoms with Crippen LogP contribution in [0, 0.1) is 5.92 Å². The van der Waals surface area contributed by atoms with Crippen LogP contribution in [0.1, 0.15) is 43.1 Å². The van der Waals surface area contributed by atoms with Crippen LogP contribution in [0.15, 0.2) is 29.1 Å². The Hall–Kier alpha value is -2.21. The first kappa shape index (κ1) is 18.6. The van der Waals surface area contributed by atoms with Gasteiger partial charge in [0.25, 0.3) is 11.5 Å². The van der Waals surface area contributed by atoms with Crippen molar-refractivity contribution < 1.29 is 4.79 Å². The molecule has 1 aliphatic heterocycles. The molecule has 0 saturated carbocycles. The second-order valence-electron chi connectivity index (χ2n) is 7.33. The lowest BCUT2D eigenvalue weighted by atomic mass is 10.0. The van der Waals surface area contributed by atoms with E-state index in [2.05, 4.69) is 22.2 Å². The zero-order chi connectivity index (χ0) is 18.5. The predicted octanol–water partition coefficient (Wildman–Crippen LogP) is 2.18. The number of fused-ring (bicyclic) bond motifs is 1. The van der Waals surface area contributed by atoms with Crippen LogP contribution in [0.3, 0.4) is 0 Å². The average molecular weight is 356 g/mol. The summed E-state index contributed by atoms with van der Waals surface area (Å²) in [7, 11) is 1.57. The van der Waals surface area contributed by atoms with Gasteiger partial charge >= 0.3 is 0 Å². The van der Waals surface area contributed by atoms with E-state index in [4.69, 9.17) is 0 Å². The van der Waals surface area contributed by atoms with Crippen LogP contribution in [0.5, 0.6) is 0 Å². The summed E-state index contributed by atoms with van der Waals surface area (Å²) in [5.41, 5.74) is 0.125. The Morgan fingerprint density at radius 3 is 2.81 bits per heavy atom. The van der Waals surface area contributed by atoms with E-state index in [1.165, 1.54) is 30.6 Å². The van der Waals surface area contributed by atoms with E-state index in [1.54, 1.807) is 25.2 Å². The van der Waals surface area contributed by atoms with Crippen LogP contribution < -0.4 is 10.9 Å². The Kier molecular flexibility index (Phi) is 6.04. The molecule has 1 atom stereocenters. The molecule has 1 aliphatic rings. The van der Waals surface area contributed by atoms with E-state index in [9.17, 15) is 9.59 Å². The maximum absolute atomic E-state index is 12.5. The summed E-state index contributed by atoms with van der Waals surface area (Å²) in [6, 6.07) is 7.12. The molecule has 1 N–H and O–H groups in total. The van der Waals surface area contributed by atoms with Crippen molar-refractivity contribution in [2.45, 2.75) is 32.6 Å². The van der Waals surface area contributed by atoms with Gasteiger partial charge in [-0.25, -0.2) is 4.68 Å². The largest absolute Gasteiger partial charge is 0.351 e. The number of hydrogen-bond donors (Lipinski definition) is 1. The van der Waals surface area contributed by atoms with Crippen LogP contribution in [0.4, 0.5) is 0 Å². The molecular formula is C20H28N4O2. The minimum absolute atomic E-state index is 0.187. The predicted molar refractivity (Wildman–Crippen MR) is 103 cm³/mol. The van der Waals surface area contributed by atoms with Crippen molar-refractivity contribution in [1.82, 2.24) is 20.0 Å². The number of unbranched alkanes of at least 4 members (excludes halogenated alkanes) is 1. The fourth-order valence-electron chi connectivity index (χ4n) is 3.70. The van der Waals surface area contributed by atoms with Gasteiger partial charge in [-0.1, -0.05) is 25.1 Å². The molecule has 1 aromatic carbocycles. The number of benzene rings is 1. The molecule has 1 unspecified atom stereocenters. The number of carbonyl (C=O) groups is 1. The number of rotatable bonds is 6. The highest BCUT2D eigenvalue weighted by Gasteiger charge is 2.16. The van der Waals surface area contributed by atoms with Crippen LogP contribution in [0.25, 0.3) is 10.8 Å². The minimum atomic E-state index is -0.219. The molecule has 1 fully saturated rings. The molecule has 1 amide bonds. The Balaban J connectivity index is 1.53. The maximum Gasteiger partial charge on any atom is 0.274 e. The molecule has 3 rings (SSSR count). The quantitative estimate of drug-likeness (QED) is 0.806. The number of hydrogen-bond acceptors (Lipinski definition) is 4. The van der Waals surface area contributed by atoms with Crippen molar-refractivity contribution >= 4 is 16.7 Å². The second kappa shape index (κ2) is 8.45. The minimum Gasteiger partial charge on any atom is -0.351 e. The first-order chi connectivity index (χ1) is 12.6. The van der Waals surface area contributed by atoms with Crippen molar-refractivity contribution in [2.75, 3.05) is 26.2 Å². The first-order valence-electron chi connectivity index (χ1n) is 9.53. The molecule has 26 heavy (non-hydrogen) atoms. The summed E-state index contributed by atoms with van der Waals surface area (Å²) in [4.78, 5) is 27.2. The smallest absolute Gasteiger partial charge is 0.274 e. The summed E-state index contributed by atoms with van der Waals surface area (Å²) >= 11 is 0. The van der Waals surface area contributed by atoms with Crippen molar-refractivity contribution in [1.29, 1.82) is 0 Å². The Bertz CT molecular complexity index is 830. The van der Waals surface area contributed by atoms with E-state index in [0.717, 1.165) is 25.3 Å². The zero-order valence-electron chi connectivity index (χ0n) is 15.7. The van der Waals surface area contributed by atoms with Crippen molar-refractivity contribution in [3.8, 4) is 0 Å². The van der Waals surface area contributed by atoms with E-state index >= 15 is 0 Å². The number of amides is 1. The second-order valence-corrected chi connectivity index (χ2v) is 7.33. The third-order valence-electron chi connectivity index (χ3n) is 5.10. The molecule has 6 heteroatoms. The Morgan fingerprint density at radius 2 is 2.04 bits per heavy atom. The fourth-order valence-corrected chi connectivity index (χ4v) is 3.70. The van der Waals surface area contributed by atoms with Crippen LogP contribution in [-0.2, 0) is 7.05 Å². The summed E-state index contributed by atoms with van der Waals surface area (Å²) in [5.74, 6) is 0.580. The normalized spacial score (nSPS) is 18.2. The number of likely N-dealkylation sites (tertiary alicyclic amines) is 1. The number of aromatic nitrogens is 2. The lowest BCUT2D eigenvalue weighted by Crippen LogP contribution is -2.35. The van der Waals surface area contributed by atoms with E-state index < -0.39 is 0 Å². The molecule has 0 radical (unpaired) electrons. The number of carbonyl (C=O) groups excluding carboxylic acids is 1. The Labute approximate surface area is 154 Å². The number of aryl methyl sites for hydroxylation is 1. The molecule has 0 bridgehead atoms. The van der Waals surface area contributed by atoms with Gasteiger partial charge in [-0.05, 0) is 50.8 Å². The van der Waals surface area contributed by atoms with E-state index in [1.807, 2.05) is 6.07 Å². The van der Waals surface area contributed by atoms with Crippen LogP contribution in [-0.4, -0.2) is 46.8 Å². The molecule has 2 aromatic rings. The molecule has 2 heterocycles. The SMILES string of the molecule is CC1CCCN(CCCCNC(=O)c2nn(C)c(=O)c3ccccc23)C1. The lowest BCUT2D eigenvalue weighted by molar-refractivity contribution is 0.0947. The Morgan fingerprint density at radius 1 is 1.27 bits per heavy atom. The van der Waals surface area contributed by atoms with Gasteiger partial charge in [0.05, 0.1) is 5.39 Å². The maximum atomic E-state index is 12.5. The summed E-state index contributed by atoms with van der Waals surface area (Å²) in [5, 5.41) is 8.24. The van der Waals surface area contributed by atoms with E-state index in [0.29, 0.717) is 23.0 Å². The van der Waals surface area contributed by atoms with Crippen LogP contribution in [0.2, 0.25) is 0 Å². The highest BCUT2D eigenvalue weighted by Crippen LogP contribution is 2.16. The highest BCUT2D eigenvalue weighted by molar-refractivity contribution is 6.04. The summed E-state index contributed by atoms with van der Waals surface area (Å²) in [6.07, 6.45) is 4.66. The first-order valence-corrected chi connectivity index (χ1v) is 9.53. The van der Waals surface area contributed by atoms with Crippen molar-refractivity contribution in [3.63, 3.8) is 0 Å². The van der Waals surface area contributed by atoms with Gasteiger partial charge in [-0.2, -0.15) is 5.10 Å². The van der Waals surface area contributed by atoms with Gasteiger partial charge in [-0.15, -0.1) is 0 Å². The van der Waals surface area contributed by atoms with E-state index in [-0.39, 0.29) is 11.5 Å². The van der Waals surface area contributed by atoms with Gasteiger partial charge < -0.3 is 10.2 Å². The van der Waals surface area contributed by atoms with Gasteiger partial charge in [-0.3, -0.25) is 9.59 Å². The van der Waals surface area contributed by atoms with Gasteiger partial charge in [0.2, 0.25) is 0 Å². The molecule has 1 saturated heterocycles. The summed E-state index contributed by atoms with van der Waals surface area (Å²) < 4.78 is 1.23. The van der Waals surface area contributed by atoms with Crippen molar-refractivity contribution in [2.24, 2.45) is 13.0 Å². The molecule has 6 nitrogen and oxygen atoms in total.